The Morgan fingerprint density at radius 2 is 1.74 bits per heavy atom. The van der Waals surface area contributed by atoms with Crippen molar-refractivity contribution in [3.8, 4) is 11.3 Å². The highest BCUT2D eigenvalue weighted by atomic mass is 35.5. The van der Waals surface area contributed by atoms with Crippen LogP contribution in [0.4, 0.5) is 0 Å². The van der Waals surface area contributed by atoms with E-state index in [0.29, 0.717) is 27.7 Å². The second-order valence-corrected chi connectivity index (χ2v) is 9.08. The van der Waals surface area contributed by atoms with Crippen LogP contribution in [0.25, 0.3) is 22.2 Å². The van der Waals surface area contributed by atoms with Crippen LogP contribution in [0, 0.1) is 0 Å². The van der Waals surface area contributed by atoms with Crippen molar-refractivity contribution in [2.45, 2.75) is 5.25 Å². The Balaban J connectivity index is 1.92. The van der Waals surface area contributed by atoms with E-state index in [-0.39, 0.29) is 10.6 Å². The number of fused-ring (bicyclic) bond motifs is 1. The van der Waals surface area contributed by atoms with Gasteiger partial charge in [0.2, 0.25) is 0 Å². The lowest BCUT2D eigenvalue weighted by Crippen LogP contribution is -2.22. The molecule has 0 spiro atoms. The van der Waals surface area contributed by atoms with Crippen molar-refractivity contribution in [3.63, 3.8) is 0 Å². The minimum Gasteiger partial charge on any atom is -0.478 e. The van der Waals surface area contributed by atoms with Gasteiger partial charge >= 0.3 is 5.97 Å². The molecule has 4 aromatic rings. The van der Waals surface area contributed by atoms with E-state index < -0.39 is 21.2 Å². The summed E-state index contributed by atoms with van der Waals surface area (Å²) in [5.74, 6) is -1.06. The van der Waals surface area contributed by atoms with Gasteiger partial charge in [-0.25, -0.2) is 13.2 Å². The van der Waals surface area contributed by atoms with Gasteiger partial charge in [0.15, 0.2) is 0 Å². The van der Waals surface area contributed by atoms with Gasteiger partial charge in [-0.05, 0) is 23.8 Å². The summed E-state index contributed by atoms with van der Waals surface area (Å²) in [5, 5.41) is 12.7. The number of carbonyl (C=O) groups is 1. The molecule has 2 aromatic heterocycles. The summed E-state index contributed by atoms with van der Waals surface area (Å²) in [6, 6.07) is 16.1. The molecule has 1 N–H and O–H groups in total. The number of carboxylic acids is 1. The topological polar surface area (TPSA) is 102 Å². The van der Waals surface area contributed by atoms with Gasteiger partial charge in [0.1, 0.15) is 10.9 Å². The first-order chi connectivity index (χ1) is 14.8. The van der Waals surface area contributed by atoms with E-state index in [9.17, 15) is 13.2 Å². The largest absolute Gasteiger partial charge is 0.478 e. The summed E-state index contributed by atoms with van der Waals surface area (Å²) in [7, 11) is -4.14. The maximum Gasteiger partial charge on any atom is 0.335 e. The van der Waals surface area contributed by atoms with Gasteiger partial charge in [0.05, 0.1) is 11.1 Å². The standard InChI is InChI=1S/C22H16ClN3O4S/c1-14(23)21(16-5-3-2-4-6-16)31(29,30)26-19-11-12-24-13-18(19)20(25-26)15-7-9-17(10-8-15)22(27)28/h2-13,21H,1H2,(H,27,28). The number of hydrogen-bond acceptors (Lipinski definition) is 5. The molecule has 0 saturated heterocycles. The molecule has 0 saturated carbocycles. The second-order valence-electron chi connectivity index (χ2n) is 6.75. The zero-order valence-corrected chi connectivity index (χ0v) is 17.6. The number of aromatic nitrogens is 3. The van der Waals surface area contributed by atoms with Crippen LogP contribution in [0.1, 0.15) is 21.2 Å². The normalized spacial score (nSPS) is 12.5. The summed E-state index contributed by atoms with van der Waals surface area (Å²) in [5.41, 5.74) is 1.81. The van der Waals surface area contributed by atoms with Crippen molar-refractivity contribution in [2.24, 2.45) is 0 Å². The van der Waals surface area contributed by atoms with E-state index >= 15 is 0 Å². The molecule has 1 atom stereocenters. The Hall–Kier alpha value is -3.49. The van der Waals surface area contributed by atoms with E-state index in [1.807, 2.05) is 0 Å². The van der Waals surface area contributed by atoms with Crippen LogP contribution in [-0.4, -0.2) is 33.7 Å². The number of rotatable bonds is 6. The Bertz CT molecular complexity index is 1400. The zero-order valence-electron chi connectivity index (χ0n) is 16.0. The number of carboxylic acid groups (broad SMARTS) is 1. The molecule has 2 aromatic carbocycles. The molecular formula is C22H16ClN3O4S. The third-order valence-corrected chi connectivity index (χ3v) is 7.04. The fraction of sp³-hybridized carbons (Fsp3) is 0.0455. The third-order valence-electron chi connectivity index (χ3n) is 4.78. The highest BCUT2D eigenvalue weighted by Gasteiger charge is 2.33. The summed E-state index contributed by atoms with van der Waals surface area (Å²) in [6.07, 6.45) is 2.99. The van der Waals surface area contributed by atoms with Crippen LogP contribution in [0.2, 0.25) is 0 Å². The van der Waals surface area contributed by atoms with Crippen LogP contribution in [0.3, 0.4) is 0 Å². The van der Waals surface area contributed by atoms with Crippen molar-refractivity contribution in [3.05, 3.63) is 95.8 Å². The molecule has 0 amide bonds. The summed E-state index contributed by atoms with van der Waals surface area (Å²) in [4.78, 5) is 15.2. The first kappa shape index (κ1) is 20.8. The Morgan fingerprint density at radius 1 is 1.06 bits per heavy atom. The molecule has 31 heavy (non-hydrogen) atoms. The predicted molar refractivity (Wildman–Crippen MR) is 118 cm³/mol. The van der Waals surface area contributed by atoms with Crippen molar-refractivity contribution in [1.82, 2.24) is 14.2 Å². The SMILES string of the molecule is C=C(Cl)C(c1ccccc1)S(=O)(=O)n1nc(-c2ccc(C(=O)O)cc2)c2cnccc21. The molecule has 0 radical (unpaired) electrons. The Kier molecular flexibility index (Phi) is 5.34. The van der Waals surface area contributed by atoms with E-state index in [1.54, 1.807) is 48.5 Å². The molecule has 2 heterocycles. The zero-order chi connectivity index (χ0) is 22.2. The van der Waals surface area contributed by atoms with Gasteiger partial charge in [-0.15, -0.1) is 0 Å². The fourth-order valence-corrected chi connectivity index (χ4v) is 5.47. The van der Waals surface area contributed by atoms with E-state index in [1.165, 1.54) is 24.5 Å². The lowest BCUT2D eigenvalue weighted by molar-refractivity contribution is 0.0697. The van der Waals surface area contributed by atoms with Crippen LogP contribution in [0.15, 0.2) is 84.7 Å². The smallest absolute Gasteiger partial charge is 0.335 e. The van der Waals surface area contributed by atoms with Crippen LogP contribution in [0.5, 0.6) is 0 Å². The number of hydrogen-bond donors (Lipinski definition) is 1. The van der Waals surface area contributed by atoms with Gasteiger partial charge in [0.25, 0.3) is 10.0 Å². The Morgan fingerprint density at radius 3 is 2.35 bits per heavy atom. The highest BCUT2D eigenvalue weighted by molar-refractivity contribution is 7.90. The quantitative estimate of drug-likeness (QED) is 0.462. The number of pyridine rings is 1. The van der Waals surface area contributed by atoms with Gasteiger partial charge in [-0.2, -0.15) is 9.19 Å². The van der Waals surface area contributed by atoms with Crippen LogP contribution in [-0.2, 0) is 10.0 Å². The average molecular weight is 454 g/mol. The van der Waals surface area contributed by atoms with Crippen molar-refractivity contribution < 1.29 is 18.3 Å². The second kappa shape index (κ2) is 7.98. The van der Waals surface area contributed by atoms with Crippen molar-refractivity contribution in [1.29, 1.82) is 0 Å². The first-order valence-electron chi connectivity index (χ1n) is 9.11. The molecule has 0 aliphatic heterocycles. The van der Waals surface area contributed by atoms with Crippen LogP contribution >= 0.6 is 11.6 Å². The molecule has 9 heteroatoms. The lowest BCUT2D eigenvalue weighted by atomic mass is 10.1. The molecule has 4 rings (SSSR count). The molecule has 0 aliphatic rings. The number of benzene rings is 2. The molecule has 0 fully saturated rings. The number of halogens is 1. The van der Waals surface area contributed by atoms with Gasteiger partial charge in [-0.1, -0.05) is 60.6 Å². The fourth-order valence-electron chi connectivity index (χ4n) is 3.35. The molecular weight excluding hydrogens is 438 g/mol. The Labute approximate surface area is 183 Å². The maximum atomic E-state index is 13.6. The molecule has 156 valence electrons. The van der Waals surface area contributed by atoms with E-state index in [0.717, 1.165) is 4.09 Å². The highest BCUT2D eigenvalue weighted by Crippen LogP contribution is 2.36. The van der Waals surface area contributed by atoms with Crippen molar-refractivity contribution in [2.75, 3.05) is 0 Å². The first-order valence-corrected chi connectivity index (χ1v) is 11.0. The summed E-state index contributed by atoms with van der Waals surface area (Å²) in [6.45, 7) is 3.67. The number of nitrogens with zero attached hydrogens (tertiary/aromatic N) is 3. The summed E-state index contributed by atoms with van der Waals surface area (Å²) >= 11 is 6.15. The monoisotopic (exact) mass is 453 g/mol. The molecule has 7 nitrogen and oxygen atoms in total. The lowest BCUT2D eigenvalue weighted by Gasteiger charge is -2.17. The van der Waals surface area contributed by atoms with E-state index in [2.05, 4.69) is 16.7 Å². The van der Waals surface area contributed by atoms with Gasteiger partial charge in [-0.3, -0.25) is 4.98 Å². The van der Waals surface area contributed by atoms with Gasteiger partial charge in [0, 0.05) is 28.4 Å². The molecule has 1 unspecified atom stereocenters. The number of aromatic carboxylic acids is 1. The van der Waals surface area contributed by atoms with Gasteiger partial charge < -0.3 is 5.11 Å². The predicted octanol–water partition coefficient (Wildman–Crippen LogP) is 4.47. The van der Waals surface area contributed by atoms with Crippen LogP contribution < -0.4 is 0 Å². The maximum absolute atomic E-state index is 13.6. The minimum atomic E-state index is -4.14. The minimum absolute atomic E-state index is 0.0590. The van der Waals surface area contributed by atoms with E-state index in [4.69, 9.17) is 16.7 Å². The van der Waals surface area contributed by atoms with Crippen molar-refractivity contribution >= 4 is 38.5 Å². The molecule has 0 bridgehead atoms. The third kappa shape index (κ3) is 3.71. The average Bonchev–Trinajstić information content (AvgIpc) is 3.15. The summed E-state index contributed by atoms with van der Waals surface area (Å²) < 4.78 is 28.2. The molecule has 0 aliphatic carbocycles.